The van der Waals surface area contributed by atoms with E-state index in [1.807, 2.05) is 6.07 Å². The summed E-state index contributed by atoms with van der Waals surface area (Å²) in [6, 6.07) is 10.5. The Hall–Kier alpha value is -2.38. The lowest BCUT2D eigenvalue weighted by atomic mass is 10.1. The van der Waals surface area contributed by atoms with E-state index in [0.717, 1.165) is 4.47 Å². The van der Waals surface area contributed by atoms with Crippen LogP contribution in [0.25, 0.3) is 5.69 Å². The third-order valence-electron chi connectivity index (χ3n) is 3.37. The van der Waals surface area contributed by atoms with Crippen molar-refractivity contribution in [3.05, 3.63) is 70.0 Å². The first-order chi connectivity index (χ1) is 11.1. The molecule has 3 rings (SSSR count). The van der Waals surface area contributed by atoms with Crippen molar-refractivity contribution in [2.24, 2.45) is 0 Å². The average Bonchev–Trinajstić information content (AvgIpc) is 2.95. The van der Waals surface area contributed by atoms with Gasteiger partial charge in [-0.1, -0.05) is 22.0 Å². The molecule has 0 spiro atoms. The zero-order chi connectivity index (χ0) is 16.4. The first kappa shape index (κ1) is 15.5. The van der Waals surface area contributed by atoms with Crippen molar-refractivity contribution in [3.8, 4) is 5.69 Å². The van der Waals surface area contributed by atoms with Gasteiger partial charge in [-0.25, -0.2) is 0 Å². The molecule has 2 heterocycles. The largest absolute Gasteiger partial charge is 0.388 e. The number of nitrogens with zero attached hydrogens (tertiary/aromatic N) is 4. The van der Waals surface area contributed by atoms with Gasteiger partial charge in [0.15, 0.2) is 5.82 Å². The number of aryl methyl sites for hydroxylation is 1. The maximum Gasteiger partial charge on any atom is 0.213 e. The number of benzene rings is 1. The van der Waals surface area contributed by atoms with Crippen LogP contribution in [0.15, 0.2) is 47.1 Å². The van der Waals surface area contributed by atoms with Crippen LogP contribution in [-0.2, 0) is 6.61 Å². The van der Waals surface area contributed by atoms with Crippen LogP contribution >= 0.6 is 15.9 Å². The number of hydrogen-bond donors (Lipinski definition) is 1. The summed E-state index contributed by atoms with van der Waals surface area (Å²) in [5.41, 5.74) is 1.41. The number of carbonyl (C=O) groups excluding carboxylic acids is 1. The normalized spacial score (nSPS) is 10.7. The number of aromatic nitrogens is 4. The molecule has 0 aliphatic carbocycles. The van der Waals surface area contributed by atoms with E-state index in [2.05, 4.69) is 31.1 Å². The molecule has 0 atom stereocenters. The number of aliphatic hydroxyl groups is 1. The molecule has 0 bridgehead atoms. The second-order valence-corrected chi connectivity index (χ2v) is 5.78. The van der Waals surface area contributed by atoms with Gasteiger partial charge in [0.2, 0.25) is 5.78 Å². The molecular formula is C16H13BrN4O2. The summed E-state index contributed by atoms with van der Waals surface area (Å²) in [4.78, 5) is 16.9. The number of carbonyl (C=O) groups is 1. The van der Waals surface area contributed by atoms with Gasteiger partial charge in [0.05, 0.1) is 5.69 Å². The summed E-state index contributed by atoms with van der Waals surface area (Å²) >= 11 is 3.39. The Labute approximate surface area is 141 Å². The van der Waals surface area contributed by atoms with Gasteiger partial charge in [0.25, 0.3) is 0 Å². The quantitative estimate of drug-likeness (QED) is 0.711. The highest BCUT2D eigenvalue weighted by Gasteiger charge is 2.20. The van der Waals surface area contributed by atoms with E-state index in [4.69, 9.17) is 0 Å². The van der Waals surface area contributed by atoms with Crippen LogP contribution in [0.1, 0.15) is 27.7 Å². The highest BCUT2D eigenvalue weighted by Crippen LogP contribution is 2.24. The van der Waals surface area contributed by atoms with Crippen LogP contribution in [0.4, 0.5) is 0 Å². The van der Waals surface area contributed by atoms with E-state index in [9.17, 15) is 9.90 Å². The molecule has 6 nitrogen and oxygen atoms in total. The Balaban J connectivity index is 2.20. The molecule has 0 saturated carbocycles. The highest BCUT2D eigenvalue weighted by atomic mass is 79.9. The second-order valence-electron chi connectivity index (χ2n) is 4.86. The fourth-order valence-corrected chi connectivity index (χ4v) is 2.70. The van der Waals surface area contributed by atoms with E-state index in [1.165, 1.54) is 0 Å². The Kier molecular flexibility index (Phi) is 4.31. The summed E-state index contributed by atoms with van der Waals surface area (Å²) in [5, 5.41) is 17.4. The van der Waals surface area contributed by atoms with Crippen molar-refractivity contribution < 1.29 is 9.90 Å². The van der Waals surface area contributed by atoms with Gasteiger partial charge in [-0.2, -0.15) is 0 Å². The zero-order valence-corrected chi connectivity index (χ0v) is 13.9. The fourth-order valence-electron chi connectivity index (χ4n) is 2.34. The smallest absolute Gasteiger partial charge is 0.213 e. The van der Waals surface area contributed by atoms with Gasteiger partial charge in [0.1, 0.15) is 18.1 Å². The lowest BCUT2D eigenvalue weighted by molar-refractivity contribution is 0.103. The molecule has 0 radical (unpaired) electrons. The van der Waals surface area contributed by atoms with Crippen LogP contribution < -0.4 is 0 Å². The van der Waals surface area contributed by atoms with E-state index in [0.29, 0.717) is 28.6 Å². The summed E-state index contributed by atoms with van der Waals surface area (Å²) in [7, 11) is 0. The van der Waals surface area contributed by atoms with Crippen LogP contribution in [0.2, 0.25) is 0 Å². The van der Waals surface area contributed by atoms with Gasteiger partial charge in [-0.05, 0) is 37.3 Å². The second kappa shape index (κ2) is 6.39. The van der Waals surface area contributed by atoms with Crippen molar-refractivity contribution in [2.75, 3.05) is 0 Å². The summed E-state index contributed by atoms with van der Waals surface area (Å²) in [6.07, 6.45) is 1.58. The van der Waals surface area contributed by atoms with Gasteiger partial charge in [-0.15, -0.1) is 10.2 Å². The molecule has 0 amide bonds. The van der Waals surface area contributed by atoms with Crippen LogP contribution in [0.3, 0.4) is 0 Å². The lowest BCUT2D eigenvalue weighted by Crippen LogP contribution is -2.12. The van der Waals surface area contributed by atoms with Crippen LogP contribution in [0, 0.1) is 6.92 Å². The van der Waals surface area contributed by atoms with E-state index < -0.39 is 0 Å². The third kappa shape index (κ3) is 2.93. The van der Waals surface area contributed by atoms with Crippen molar-refractivity contribution >= 4 is 21.7 Å². The predicted molar refractivity (Wildman–Crippen MR) is 87.4 cm³/mol. The van der Waals surface area contributed by atoms with Crippen LogP contribution in [-0.4, -0.2) is 30.6 Å². The average molecular weight is 373 g/mol. The zero-order valence-electron chi connectivity index (χ0n) is 12.3. The first-order valence-electron chi connectivity index (χ1n) is 6.89. The van der Waals surface area contributed by atoms with Crippen molar-refractivity contribution in [3.63, 3.8) is 0 Å². The molecule has 1 N–H and O–H groups in total. The Morgan fingerprint density at radius 3 is 2.78 bits per heavy atom. The number of ketones is 1. The molecule has 0 saturated heterocycles. The first-order valence-corrected chi connectivity index (χ1v) is 7.68. The molecule has 23 heavy (non-hydrogen) atoms. The van der Waals surface area contributed by atoms with Gasteiger partial charge >= 0.3 is 0 Å². The summed E-state index contributed by atoms with van der Waals surface area (Å²) in [5.74, 6) is 0.755. The highest BCUT2D eigenvalue weighted by molar-refractivity contribution is 9.10. The maximum atomic E-state index is 12.8. The summed E-state index contributed by atoms with van der Waals surface area (Å²) in [6.45, 7) is 1.50. The molecule has 116 valence electrons. The monoisotopic (exact) mass is 372 g/mol. The van der Waals surface area contributed by atoms with Crippen molar-refractivity contribution in [1.82, 2.24) is 19.7 Å². The van der Waals surface area contributed by atoms with E-state index >= 15 is 0 Å². The van der Waals surface area contributed by atoms with Crippen molar-refractivity contribution in [1.29, 1.82) is 0 Å². The van der Waals surface area contributed by atoms with E-state index in [1.54, 1.807) is 48.0 Å². The van der Waals surface area contributed by atoms with Crippen LogP contribution in [0.5, 0.6) is 0 Å². The number of rotatable bonds is 4. The molecule has 2 aromatic heterocycles. The minimum Gasteiger partial charge on any atom is -0.388 e. The predicted octanol–water partition coefficient (Wildman–Crippen LogP) is 2.46. The molecule has 0 fully saturated rings. The van der Waals surface area contributed by atoms with Crippen molar-refractivity contribution in [2.45, 2.75) is 13.5 Å². The summed E-state index contributed by atoms with van der Waals surface area (Å²) < 4.78 is 2.44. The van der Waals surface area contributed by atoms with Gasteiger partial charge in [-0.3, -0.25) is 14.3 Å². The minimum atomic E-state index is -0.270. The third-order valence-corrected chi connectivity index (χ3v) is 3.87. The lowest BCUT2D eigenvalue weighted by Gasteiger charge is -2.13. The molecular weight excluding hydrogens is 360 g/mol. The van der Waals surface area contributed by atoms with Gasteiger partial charge in [0, 0.05) is 16.2 Å². The van der Waals surface area contributed by atoms with E-state index in [-0.39, 0.29) is 12.4 Å². The standard InChI is InChI=1S/C16H13BrN4O2/c1-10-19-20-15(9-22)21(10)14-6-5-11(17)8-12(14)16(23)13-4-2-3-7-18-13/h2-8,22H,9H2,1H3. The fraction of sp³-hybridized carbons (Fsp3) is 0.125. The maximum absolute atomic E-state index is 12.8. The number of pyridine rings is 1. The molecule has 0 unspecified atom stereocenters. The molecule has 3 aromatic rings. The number of aliphatic hydroxyl groups excluding tert-OH is 1. The molecule has 0 aliphatic heterocycles. The molecule has 1 aromatic carbocycles. The Morgan fingerprint density at radius 2 is 2.09 bits per heavy atom. The SMILES string of the molecule is Cc1nnc(CO)n1-c1ccc(Br)cc1C(=O)c1ccccn1. The van der Waals surface area contributed by atoms with Gasteiger partial charge < -0.3 is 5.11 Å². The molecule has 0 aliphatic rings. The minimum absolute atomic E-state index is 0.209. The molecule has 7 heteroatoms. The number of halogens is 1. The Bertz CT molecular complexity index is 862. The Morgan fingerprint density at radius 1 is 1.26 bits per heavy atom. The topological polar surface area (TPSA) is 80.9 Å². The number of hydrogen-bond acceptors (Lipinski definition) is 5.